The van der Waals surface area contributed by atoms with Gasteiger partial charge in [-0.3, -0.25) is 4.18 Å². The van der Waals surface area contributed by atoms with Crippen molar-refractivity contribution in [3.8, 4) is 10.8 Å². The molecule has 2 rings (SSSR count). The van der Waals surface area contributed by atoms with Crippen molar-refractivity contribution in [3.05, 3.63) is 18.7 Å². The Balaban J connectivity index is 1.92. The second-order valence-electron chi connectivity index (χ2n) is 3.45. The standard InChI is InChI=1S/C9H12N3O4S2/c1-15-18(13,14)6-2-4-12-7-8(17-11-12)9-10-3-5-16-9/h3,5,7H,2,4,6H2,1H3/q+1. The molecule has 2 heterocycles. The summed E-state index contributed by atoms with van der Waals surface area (Å²) in [5.74, 6) is 0.485. The fraction of sp³-hybridized carbons (Fsp3) is 0.444. The number of oxazole rings is 1. The lowest BCUT2D eigenvalue weighted by Gasteiger charge is -1.96. The van der Waals surface area contributed by atoms with Gasteiger partial charge in [0.2, 0.25) is 12.1 Å². The zero-order valence-corrected chi connectivity index (χ0v) is 11.3. The molecule has 0 aromatic carbocycles. The van der Waals surface area contributed by atoms with Crippen molar-refractivity contribution < 1.29 is 21.7 Å². The Bertz CT molecular complexity index is 591. The molecule has 0 atom stereocenters. The van der Waals surface area contributed by atoms with Gasteiger partial charge in [0, 0.05) is 18.0 Å². The molecule has 0 amide bonds. The number of aromatic nitrogens is 3. The van der Waals surface area contributed by atoms with Gasteiger partial charge < -0.3 is 4.42 Å². The summed E-state index contributed by atoms with van der Waals surface area (Å²) in [6.45, 7) is 0.500. The van der Waals surface area contributed by atoms with Gasteiger partial charge in [-0.25, -0.2) is 4.98 Å². The highest BCUT2D eigenvalue weighted by Crippen LogP contribution is 2.17. The van der Waals surface area contributed by atoms with E-state index in [1.165, 1.54) is 17.8 Å². The molecule has 18 heavy (non-hydrogen) atoms. The van der Waals surface area contributed by atoms with Crippen LogP contribution in [0.25, 0.3) is 10.8 Å². The predicted octanol–water partition coefficient (Wildman–Crippen LogP) is 0.452. The minimum absolute atomic E-state index is 0.0254. The summed E-state index contributed by atoms with van der Waals surface area (Å²) in [5.41, 5.74) is 0. The zero-order valence-electron chi connectivity index (χ0n) is 9.64. The maximum absolute atomic E-state index is 11.1. The van der Waals surface area contributed by atoms with E-state index in [2.05, 4.69) is 13.7 Å². The minimum Gasteiger partial charge on any atom is -0.444 e. The molecule has 0 fully saturated rings. The lowest BCUT2D eigenvalue weighted by Crippen LogP contribution is -2.35. The number of hydrogen-bond acceptors (Lipinski definition) is 7. The van der Waals surface area contributed by atoms with Gasteiger partial charge in [-0.05, 0) is 0 Å². The summed E-state index contributed by atoms with van der Waals surface area (Å²) in [5, 5.41) is 0. The number of aryl methyl sites for hydroxylation is 1. The van der Waals surface area contributed by atoms with Crippen LogP contribution < -0.4 is 4.68 Å². The van der Waals surface area contributed by atoms with Crippen molar-refractivity contribution in [3.63, 3.8) is 0 Å². The van der Waals surface area contributed by atoms with Crippen molar-refractivity contribution in [2.24, 2.45) is 0 Å². The lowest BCUT2D eigenvalue weighted by molar-refractivity contribution is -0.745. The highest BCUT2D eigenvalue weighted by Gasteiger charge is 2.16. The molecule has 0 aliphatic rings. The molecule has 0 unspecified atom stereocenters. The molecule has 0 spiro atoms. The molecule has 7 nitrogen and oxygen atoms in total. The van der Waals surface area contributed by atoms with Gasteiger partial charge in [0.1, 0.15) is 6.26 Å². The molecule has 0 aliphatic carbocycles. The third-order valence-electron chi connectivity index (χ3n) is 2.19. The van der Waals surface area contributed by atoms with Gasteiger partial charge in [0.15, 0.2) is 11.4 Å². The van der Waals surface area contributed by atoms with E-state index in [9.17, 15) is 8.42 Å². The van der Waals surface area contributed by atoms with Crippen LogP contribution in [0, 0.1) is 0 Å². The van der Waals surface area contributed by atoms with E-state index in [4.69, 9.17) is 4.42 Å². The normalized spacial score (nSPS) is 11.8. The lowest BCUT2D eigenvalue weighted by atomic mass is 10.5. The Labute approximate surface area is 108 Å². The fourth-order valence-electron chi connectivity index (χ4n) is 1.31. The molecule has 0 bridgehead atoms. The number of nitrogens with zero attached hydrogens (tertiary/aromatic N) is 3. The molecule has 9 heteroatoms. The first kappa shape index (κ1) is 13.1. The monoisotopic (exact) mass is 290 g/mol. The Hall–Kier alpha value is -1.32. The van der Waals surface area contributed by atoms with E-state index in [1.54, 1.807) is 17.1 Å². The second kappa shape index (κ2) is 5.55. The molecule has 2 aromatic rings. The number of hydrogen-bond donors (Lipinski definition) is 0. The average Bonchev–Trinajstić information content (AvgIpc) is 2.98. The first-order valence-electron chi connectivity index (χ1n) is 5.15. The molecule has 98 valence electrons. The molecular weight excluding hydrogens is 278 g/mol. The van der Waals surface area contributed by atoms with Crippen LogP contribution in [0.2, 0.25) is 0 Å². The summed E-state index contributed by atoms with van der Waals surface area (Å²) < 4.78 is 37.5. The van der Waals surface area contributed by atoms with Gasteiger partial charge in [0.25, 0.3) is 10.1 Å². The summed E-state index contributed by atoms with van der Waals surface area (Å²) in [7, 11) is -2.24. The molecule has 0 N–H and O–H groups in total. The van der Waals surface area contributed by atoms with Crippen LogP contribution in [-0.2, 0) is 20.8 Å². The smallest absolute Gasteiger partial charge is 0.267 e. The molecule has 0 radical (unpaired) electrons. The highest BCUT2D eigenvalue weighted by atomic mass is 32.2. The van der Waals surface area contributed by atoms with Crippen LogP contribution in [0.3, 0.4) is 0 Å². The Morgan fingerprint density at radius 2 is 2.39 bits per heavy atom. The van der Waals surface area contributed by atoms with Gasteiger partial charge in [0.05, 0.1) is 23.5 Å². The van der Waals surface area contributed by atoms with Crippen molar-refractivity contribution in [2.75, 3.05) is 12.9 Å². The van der Waals surface area contributed by atoms with Gasteiger partial charge >= 0.3 is 0 Å². The summed E-state index contributed by atoms with van der Waals surface area (Å²) in [4.78, 5) is 4.81. The van der Waals surface area contributed by atoms with Crippen molar-refractivity contribution in [1.82, 2.24) is 9.47 Å². The minimum atomic E-state index is -3.39. The van der Waals surface area contributed by atoms with Crippen molar-refractivity contribution in [2.45, 2.75) is 13.0 Å². The second-order valence-corrected chi connectivity index (χ2v) is 6.09. The molecule has 0 aliphatic heterocycles. The highest BCUT2D eigenvalue weighted by molar-refractivity contribution is 7.86. The third-order valence-corrected chi connectivity index (χ3v) is 4.25. The van der Waals surface area contributed by atoms with Gasteiger partial charge in [-0.15, -0.1) is 0 Å². The molecule has 2 aromatic heterocycles. The number of rotatable bonds is 6. The first-order chi connectivity index (χ1) is 8.61. The zero-order chi connectivity index (χ0) is 13.0. The first-order valence-corrected chi connectivity index (χ1v) is 7.50. The SMILES string of the molecule is COS(=O)(=O)CCC[n+]1cc(-c2ncco2)sn1. The quantitative estimate of drug-likeness (QED) is 0.567. The summed E-state index contributed by atoms with van der Waals surface area (Å²) in [6, 6.07) is 0. The Kier molecular flexibility index (Phi) is 4.04. The van der Waals surface area contributed by atoms with Crippen LogP contribution in [0.15, 0.2) is 23.1 Å². The van der Waals surface area contributed by atoms with E-state index >= 15 is 0 Å². The van der Waals surface area contributed by atoms with Crippen LogP contribution in [0.4, 0.5) is 0 Å². The Morgan fingerprint density at radius 3 is 3.06 bits per heavy atom. The van der Waals surface area contributed by atoms with E-state index in [1.807, 2.05) is 0 Å². The summed E-state index contributed by atoms with van der Waals surface area (Å²) in [6.07, 6.45) is 5.26. The van der Waals surface area contributed by atoms with Gasteiger partial charge in [-0.2, -0.15) is 8.42 Å². The summed E-state index contributed by atoms with van der Waals surface area (Å²) >= 11 is 1.25. The van der Waals surface area contributed by atoms with E-state index in [-0.39, 0.29) is 5.75 Å². The van der Waals surface area contributed by atoms with Crippen molar-refractivity contribution in [1.29, 1.82) is 0 Å². The molecule has 0 saturated carbocycles. The maximum Gasteiger partial charge on any atom is 0.267 e. The van der Waals surface area contributed by atoms with E-state index < -0.39 is 10.1 Å². The largest absolute Gasteiger partial charge is 0.444 e. The Morgan fingerprint density at radius 1 is 1.56 bits per heavy atom. The van der Waals surface area contributed by atoms with Crippen LogP contribution in [0.1, 0.15) is 6.42 Å². The molecule has 0 saturated heterocycles. The molecular formula is C9H12N3O4S2+. The van der Waals surface area contributed by atoms with E-state index in [0.717, 1.165) is 12.0 Å². The van der Waals surface area contributed by atoms with Crippen LogP contribution >= 0.6 is 11.5 Å². The van der Waals surface area contributed by atoms with Crippen LogP contribution in [0.5, 0.6) is 0 Å². The van der Waals surface area contributed by atoms with Gasteiger partial charge in [-0.1, -0.05) is 4.68 Å². The van der Waals surface area contributed by atoms with Crippen molar-refractivity contribution >= 4 is 21.7 Å². The topological polar surface area (TPSA) is 86.2 Å². The predicted molar refractivity (Wildman–Crippen MR) is 63.2 cm³/mol. The van der Waals surface area contributed by atoms with Crippen LogP contribution in [-0.4, -0.2) is 30.8 Å². The third kappa shape index (κ3) is 3.34. The maximum atomic E-state index is 11.1. The van der Waals surface area contributed by atoms with E-state index in [0.29, 0.717) is 18.9 Å². The average molecular weight is 290 g/mol. The fourth-order valence-corrected chi connectivity index (χ4v) is 2.63.